The van der Waals surface area contributed by atoms with Gasteiger partial charge in [-0.2, -0.15) is 0 Å². The van der Waals surface area contributed by atoms with Gasteiger partial charge in [0, 0.05) is 11.3 Å². The highest BCUT2D eigenvalue weighted by Gasteiger charge is 2.21. The van der Waals surface area contributed by atoms with Crippen molar-refractivity contribution in [3.8, 4) is 0 Å². The second-order valence-electron chi connectivity index (χ2n) is 6.63. The molecule has 7 nitrogen and oxygen atoms in total. The van der Waals surface area contributed by atoms with E-state index in [0.29, 0.717) is 0 Å². The molecule has 0 radical (unpaired) electrons. The molecule has 8 heteroatoms. The Morgan fingerprint density at radius 1 is 1.04 bits per heavy atom. The van der Waals surface area contributed by atoms with Crippen molar-refractivity contribution in [2.45, 2.75) is 32.4 Å². The van der Waals surface area contributed by atoms with Crippen LogP contribution in [0.4, 0.5) is 5.69 Å². The van der Waals surface area contributed by atoms with Gasteiger partial charge in [-0.3, -0.25) is 14.3 Å². The Kier molecular flexibility index (Phi) is 7.17. The first-order valence-corrected chi connectivity index (χ1v) is 10.7. The van der Waals surface area contributed by atoms with Crippen LogP contribution in [0.25, 0.3) is 0 Å². The molecule has 0 saturated carbocycles. The second-order valence-corrected chi connectivity index (χ2v) is 8.38. The number of hydrogen-bond acceptors (Lipinski definition) is 5. The van der Waals surface area contributed by atoms with Gasteiger partial charge in [0.05, 0.1) is 24.8 Å². The Hall–Kier alpha value is -2.87. The topological polar surface area (TPSA) is 102 Å². The Bertz CT molecular complexity index is 927. The van der Waals surface area contributed by atoms with E-state index in [1.54, 1.807) is 32.0 Å². The molecule has 2 N–H and O–H groups in total. The van der Waals surface area contributed by atoms with Gasteiger partial charge in [0.2, 0.25) is 10.0 Å². The first-order chi connectivity index (χ1) is 13.1. The first kappa shape index (κ1) is 21.4. The van der Waals surface area contributed by atoms with Crippen molar-refractivity contribution in [2.75, 3.05) is 11.0 Å². The predicted molar refractivity (Wildman–Crippen MR) is 107 cm³/mol. The fourth-order valence-corrected chi connectivity index (χ4v) is 3.15. The Labute approximate surface area is 165 Å². The fourth-order valence-electron chi connectivity index (χ4n) is 2.59. The van der Waals surface area contributed by atoms with Gasteiger partial charge in [0.15, 0.2) is 0 Å². The predicted octanol–water partition coefficient (Wildman–Crippen LogP) is 2.87. The van der Waals surface area contributed by atoms with Crippen LogP contribution in [0, 0.1) is 0 Å². The zero-order chi connectivity index (χ0) is 20.7. The molecule has 0 saturated heterocycles. The van der Waals surface area contributed by atoms with Gasteiger partial charge in [0.1, 0.15) is 0 Å². The zero-order valence-corrected chi connectivity index (χ0v) is 16.8. The van der Waals surface area contributed by atoms with Gasteiger partial charge in [-0.1, -0.05) is 36.4 Å². The van der Waals surface area contributed by atoms with Crippen LogP contribution in [-0.4, -0.2) is 32.7 Å². The van der Waals surface area contributed by atoms with E-state index < -0.39 is 27.9 Å². The third-order valence-corrected chi connectivity index (χ3v) is 4.28. The first-order valence-electron chi connectivity index (χ1n) is 8.77. The van der Waals surface area contributed by atoms with E-state index in [9.17, 15) is 18.0 Å². The minimum atomic E-state index is -3.46. The number of amides is 1. The molecule has 28 heavy (non-hydrogen) atoms. The SMILES string of the molecule is CC(C)OC(=O)C[C@@H](NC(=O)c1cccc(NS(C)(=O)=O)c1)c1ccccc1. The lowest BCUT2D eigenvalue weighted by atomic mass is 10.0. The van der Waals surface area contributed by atoms with Crippen molar-refractivity contribution in [1.29, 1.82) is 0 Å². The lowest BCUT2D eigenvalue weighted by molar-refractivity contribution is -0.147. The minimum absolute atomic E-state index is 0.0186. The van der Waals surface area contributed by atoms with Crippen LogP contribution in [0.15, 0.2) is 54.6 Å². The summed E-state index contributed by atoms with van der Waals surface area (Å²) >= 11 is 0. The molecule has 0 fully saturated rings. The number of carbonyl (C=O) groups is 2. The van der Waals surface area contributed by atoms with Gasteiger partial charge in [-0.05, 0) is 37.6 Å². The maximum atomic E-state index is 12.7. The standard InChI is InChI=1S/C20H24N2O5S/c1-14(2)27-19(23)13-18(15-8-5-4-6-9-15)21-20(24)16-10-7-11-17(12-16)22-28(3,25)26/h4-12,14,18,22H,13H2,1-3H3,(H,21,24)/t18-/m1/s1. The molecular weight excluding hydrogens is 380 g/mol. The average Bonchev–Trinajstić information content (AvgIpc) is 2.60. The number of carbonyl (C=O) groups excluding carboxylic acids is 2. The number of nitrogens with one attached hydrogen (secondary N) is 2. The number of ether oxygens (including phenoxy) is 1. The van der Waals surface area contributed by atoms with Crippen LogP contribution in [0.2, 0.25) is 0 Å². The molecule has 1 amide bonds. The fraction of sp³-hybridized carbons (Fsp3) is 0.300. The molecule has 0 aliphatic carbocycles. The summed E-state index contributed by atoms with van der Waals surface area (Å²) in [6, 6.07) is 14.7. The van der Waals surface area contributed by atoms with Gasteiger partial charge in [-0.25, -0.2) is 8.42 Å². The Balaban J connectivity index is 2.20. The van der Waals surface area contributed by atoms with Crippen LogP contribution in [0.5, 0.6) is 0 Å². The van der Waals surface area contributed by atoms with E-state index in [1.807, 2.05) is 30.3 Å². The summed E-state index contributed by atoms with van der Waals surface area (Å²) < 4.78 is 30.3. The summed E-state index contributed by atoms with van der Waals surface area (Å²) in [4.78, 5) is 24.8. The van der Waals surface area contributed by atoms with E-state index in [2.05, 4.69) is 10.0 Å². The number of benzene rings is 2. The molecule has 0 bridgehead atoms. The van der Waals surface area contributed by atoms with Crippen LogP contribution < -0.4 is 10.0 Å². The van der Waals surface area contributed by atoms with Crippen LogP contribution in [0.3, 0.4) is 0 Å². The quantitative estimate of drug-likeness (QED) is 0.659. The number of rotatable bonds is 8. The monoisotopic (exact) mass is 404 g/mol. The molecule has 0 spiro atoms. The molecule has 2 aromatic rings. The maximum Gasteiger partial charge on any atom is 0.308 e. The number of anilines is 1. The lowest BCUT2D eigenvalue weighted by Gasteiger charge is -2.19. The molecule has 0 aliphatic heterocycles. The molecule has 1 atom stereocenters. The van der Waals surface area contributed by atoms with Crippen molar-refractivity contribution in [3.05, 3.63) is 65.7 Å². The summed E-state index contributed by atoms with van der Waals surface area (Å²) in [6.07, 6.45) is 0.763. The maximum absolute atomic E-state index is 12.7. The lowest BCUT2D eigenvalue weighted by Crippen LogP contribution is -2.31. The summed E-state index contributed by atoms with van der Waals surface area (Å²) in [5, 5.41) is 2.83. The smallest absolute Gasteiger partial charge is 0.308 e. The Morgan fingerprint density at radius 3 is 2.32 bits per heavy atom. The van der Waals surface area contributed by atoms with Crippen LogP contribution in [0.1, 0.15) is 42.2 Å². The van der Waals surface area contributed by atoms with E-state index in [1.165, 1.54) is 6.07 Å². The summed E-state index contributed by atoms with van der Waals surface area (Å²) in [5.41, 5.74) is 1.32. The molecule has 0 heterocycles. The van der Waals surface area contributed by atoms with Crippen LogP contribution in [-0.2, 0) is 19.6 Å². The van der Waals surface area contributed by atoms with Crippen molar-refractivity contribution in [1.82, 2.24) is 5.32 Å². The third-order valence-electron chi connectivity index (χ3n) is 3.67. The van der Waals surface area contributed by atoms with Gasteiger partial charge < -0.3 is 10.1 Å². The van der Waals surface area contributed by atoms with E-state index >= 15 is 0 Å². The molecule has 0 aromatic heterocycles. The van der Waals surface area contributed by atoms with Gasteiger partial charge >= 0.3 is 5.97 Å². The normalized spacial score (nSPS) is 12.3. The summed E-state index contributed by atoms with van der Waals surface area (Å²) in [5.74, 6) is -0.847. The summed E-state index contributed by atoms with van der Waals surface area (Å²) in [7, 11) is -3.46. The Morgan fingerprint density at radius 2 is 1.71 bits per heavy atom. The molecule has 0 aliphatic rings. The third kappa shape index (κ3) is 7.03. The van der Waals surface area contributed by atoms with E-state index in [4.69, 9.17) is 4.74 Å². The van der Waals surface area contributed by atoms with Crippen molar-refractivity contribution >= 4 is 27.6 Å². The number of sulfonamides is 1. The molecule has 2 rings (SSSR count). The van der Waals surface area contributed by atoms with Gasteiger partial charge in [0.25, 0.3) is 5.91 Å². The largest absolute Gasteiger partial charge is 0.463 e. The average molecular weight is 404 g/mol. The zero-order valence-electron chi connectivity index (χ0n) is 16.0. The van der Waals surface area contributed by atoms with Crippen molar-refractivity contribution in [3.63, 3.8) is 0 Å². The summed E-state index contributed by atoms with van der Waals surface area (Å²) in [6.45, 7) is 3.52. The van der Waals surface area contributed by atoms with E-state index in [0.717, 1.165) is 11.8 Å². The molecule has 0 unspecified atom stereocenters. The molecular formula is C20H24N2O5S. The minimum Gasteiger partial charge on any atom is -0.463 e. The molecule has 150 valence electrons. The highest BCUT2D eigenvalue weighted by molar-refractivity contribution is 7.92. The van der Waals surface area contributed by atoms with Crippen molar-refractivity contribution < 1.29 is 22.7 Å². The molecule has 2 aromatic carbocycles. The van der Waals surface area contributed by atoms with Gasteiger partial charge in [-0.15, -0.1) is 0 Å². The van der Waals surface area contributed by atoms with Crippen molar-refractivity contribution in [2.24, 2.45) is 0 Å². The van der Waals surface area contributed by atoms with E-state index in [-0.39, 0.29) is 23.8 Å². The van der Waals surface area contributed by atoms with Crippen LogP contribution >= 0.6 is 0 Å². The highest BCUT2D eigenvalue weighted by Crippen LogP contribution is 2.19. The highest BCUT2D eigenvalue weighted by atomic mass is 32.2. The number of esters is 1. The number of hydrogen-bond donors (Lipinski definition) is 2. The second kappa shape index (κ2) is 9.36.